The first-order valence-corrected chi connectivity index (χ1v) is 8.43. The van der Waals surface area contributed by atoms with Gasteiger partial charge in [0.2, 0.25) is 0 Å². The molecule has 0 aromatic carbocycles. The molecule has 1 saturated carbocycles. The van der Waals surface area contributed by atoms with E-state index in [4.69, 9.17) is 15.6 Å². The molecule has 0 bridgehead atoms. The minimum absolute atomic E-state index is 0.135. The molecule has 0 amide bonds. The third kappa shape index (κ3) is 4.69. The summed E-state index contributed by atoms with van der Waals surface area (Å²) in [5, 5.41) is 8.81. The molecule has 1 aliphatic heterocycles. The average Bonchev–Trinajstić information content (AvgIpc) is 2.73. The number of aliphatic hydroxyl groups excluding tert-OH is 1. The van der Waals surface area contributed by atoms with E-state index < -0.39 is 0 Å². The fourth-order valence-corrected chi connectivity index (χ4v) is 3.83. The quantitative estimate of drug-likeness (QED) is 0.730. The molecule has 0 radical (unpaired) electrons. The van der Waals surface area contributed by atoms with Gasteiger partial charge in [-0.25, -0.2) is 0 Å². The molecule has 4 nitrogen and oxygen atoms in total. The van der Waals surface area contributed by atoms with Crippen LogP contribution < -0.4 is 5.73 Å². The molecule has 1 aliphatic carbocycles. The van der Waals surface area contributed by atoms with E-state index in [0.717, 1.165) is 32.5 Å². The maximum Gasteiger partial charge on any atom is 0.0701 e. The smallest absolute Gasteiger partial charge is 0.0701 e. The molecule has 0 unspecified atom stereocenters. The lowest BCUT2D eigenvalue weighted by Crippen LogP contribution is -2.46. The first kappa shape index (κ1) is 16.2. The predicted octanol–water partition coefficient (Wildman–Crippen LogP) is 1.76. The second kappa shape index (κ2) is 8.32. The van der Waals surface area contributed by atoms with Crippen LogP contribution in [0, 0.1) is 5.41 Å². The number of hydrogen-bond acceptors (Lipinski definition) is 4. The largest absolute Gasteiger partial charge is 0.394 e. The predicted molar refractivity (Wildman–Crippen MR) is 81.7 cm³/mol. The van der Waals surface area contributed by atoms with Gasteiger partial charge in [-0.05, 0) is 37.6 Å². The first-order valence-electron chi connectivity index (χ1n) is 8.43. The van der Waals surface area contributed by atoms with Crippen LogP contribution in [0.1, 0.15) is 51.4 Å². The van der Waals surface area contributed by atoms with Crippen LogP contribution in [-0.4, -0.2) is 55.5 Å². The number of piperidine rings is 1. The van der Waals surface area contributed by atoms with Crippen LogP contribution in [0.15, 0.2) is 0 Å². The monoisotopic (exact) mass is 284 g/mol. The molecular formula is C16H32N2O2. The molecular weight excluding hydrogens is 252 g/mol. The van der Waals surface area contributed by atoms with Crippen LogP contribution >= 0.6 is 0 Å². The Hall–Kier alpha value is -0.160. The Bertz CT molecular complexity index is 257. The van der Waals surface area contributed by atoms with Crippen LogP contribution in [0.2, 0.25) is 0 Å². The van der Waals surface area contributed by atoms with Gasteiger partial charge in [0.1, 0.15) is 0 Å². The van der Waals surface area contributed by atoms with Crippen molar-refractivity contribution in [3.63, 3.8) is 0 Å². The molecule has 2 rings (SSSR count). The van der Waals surface area contributed by atoms with Crippen LogP contribution in [0.4, 0.5) is 0 Å². The summed E-state index contributed by atoms with van der Waals surface area (Å²) in [6.07, 6.45) is 10.6. The molecule has 0 aromatic rings. The van der Waals surface area contributed by atoms with E-state index in [1.54, 1.807) is 0 Å². The zero-order valence-corrected chi connectivity index (χ0v) is 12.9. The van der Waals surface area contributed by atoms with E-state index in [2.05, 4.69) is 4.90 Å². The summed E-state index contributed by atoms with van der Waals surface area (Å²) in [5.74, 6) is 0. The molecule has 0 spiro atoms. The van der Waals surface area contributed by atoms with E-state index in [1.807, 2.05) is 0 Å². The van der Waals surface area contributed by atoms with Gasteiger partial charge in [-0.15, -0.1) is 0 Å². The highest BCUT2D eigenvalue weighted by Crippen LogP contribution is 2.35. The SMILES string of the molecule is NCC1(CN2CCC(OCCO)CC2)CCCCCC1. The topological polar surface area (TPSA) is 58.7 Å². The third-order valence-electron chi connectivity index (χ3n) is 5.14. The lowest BCUT2D eigenvalue weighted by atomic mass is 9.79. The normalized spacial score (nSPS) is 25.5. The molecule has 0 atom stereocenters. The number of rotatable bonds is 6. The van der Waals surface area contributed by atoms with Gasteiger partial charge in [0.05, 0.1) is 19.3 Å². The van der Waals surface area contributed by atoms with Gasteiger partial charge in [-0.3, -0.25) is 0 Å². The zero-order chi connectivity index (χ0) is 14.3. The molecule has 0 aromatic heterocycles. The Morgan fingerprint density at radius 2 is 1.75 bits per heavy atom. The van der Waals surface area contributed by atoms with Gasteiger partial charge in [0, 0.05) is 19.6 Å². The fourth-order valence-electron chi connectivity index (χ4n) is 3.83. The average molecular weight is 284 g/mol. The number of aliphatic hydroxyl groups is 1. The molecule has 4 heteroatoms. The van der Waals surface area contributed by atoms with Gasteiger partial charge in [-0.2, -0.15) is 0 Å². The van der Waals surface area contributed by atoms with Crippen LogP contribution in [0.25, 0.3) is 0 Å². The van der Waals surface area contributed by atoms with E-state index >= 15 is 0 Å². The van der Waals surface area contributed by atoms with Gasteiger partial charge in [-0.1, -0.05) is 25.7 Å². The van der Waals surface area contributed by atoms with E-state index in [9.17, 15) is 0 Å². The van der Waals surface area contributed by atoms with E-state index in [0.29, 0.717) is 18.1 Å². The van der Waals surface area contributed by atoms with Crippen molar-refractivity contribution in [1.29, 1.82) is 0 Å². The Morgan fingerprint density at radius 1 is 1.10 bits per heavy atom. The standard InChI is InChI=1S/C16H32N2O2/c17-13-16(7-3-1-2-4-8-16)14-18-9-5-15(6-10-18)20-12-11-19/h15,19H,1-14,17H2. The van der Waals surface area contributed by atoms with Crippen molar-refractivity contribution in [2.24, 2.45) is 11.1 Å². The van der Waals surface area contributed by atoms with E-state index in [1.165, 1.54) is 45.1 Å². The molecule has 1 heterocycles. The van der Waals surface area contributed by atoms with Crippen molar-refractivity contribution >= 4 is 0 Å². The highest BCUT2D eigenvalue weighted by atomic mass is 16.5. The summed E-state index contributed by atoms with van der Waals surface area (Å²) >= 11 is 0. The number of nitrogens with two attached hydrogens (primary N) is 1. The maximum atomic E-state index is 8.81. The summed E-state index contributed by atoms with van der Waals surface area (Å²) in [5.41, 5.74) is 6.51. The number of nitrogens with zero attached hydrogens (tertiary/aromatic N) is 1. The molecule has 2 aliphatic rings. The van der Waals surface area contributed by atoms with Crippen LogP contribution in [0.5, 0.6) is 0 Å². The van der Waals surface area contributed by atoms with Crippen molar-refractivity contribution < 1.29 is 9.84 Å². The maximum absolute atomic E-state index is 8.81. The van der Waals surface area contributed by atoms with Gasteiger partial charge < -0.3 is 20.5 Å². The first-order chi connectivity index (χ1) is 9.78. The second-order valence-electron chi connectivity index (χ2n) is 6.69. The molecule has 1 saturated heterocycles. The Morgan fingerprint density at radius 3 is 2.30 bits per heavy atom. The van der Waals surface area contributed by atoms with E-state index in [-0.39, 0.29) is 6.61 Å². The second-order valence-corrected chi connectivity index (χ2v) is 6.69. The molecule has 2 fully saturated rings. The van der Waals surface area contributed by atoms with Crippen molar-refractivity contribution in [2.45, 2.75) is 57.5 Å². The van der Waals surface area contributed by atoms with Gasteiger partial charge in [0.15, 0.2) is 0 Å². The molecule has 118 valence electrons. The highest BCUT2D eigenvalue weighted by molar-refractivity contribution is 4.87. The minimum Gasteiger partial charge on any atom is -0.394 e. The van der Waals surface area contributed by atoms with Gasteiger partial charge in [0.25, 0.3) is 0 Å². The number of ether oxygens (including phenoxy) is 1. The summed E-state index contributed by atoms with van der Waals surface area (Å²) in [6, 6.07) is 0. The Balaban J connectivity index is 1.78. The lowest BCUT2D eigenvalue weighted by Gasteiger charge is -2.40. The van der Waals surface area contributed by atoms with Crippen molar-refractivity contribution in [2.75, 3.05) is 39.4 Å². The summed E-state index contributed by atoms with van der Waals surface area (Å²) in [6.45, 7) is 4.88. The summed E-state index contributed by atoms with van der Waals surface area (Å²) in [7, 11) is 0. The summed E-state index contributed by atoms with van der Waals surface area (Å²) < 4.78 is 5.64. The Kier molecular flexibility index (Phi) is 6.75. The van der Waals surface area contributed by atoms with Crippen molar-refractivity contribution in [1.82, 2.24) is 4.90 Å². The van der Waals surface area contributed by atoms with Crippen LogP contribution in [0.3, 0.4) is 0 Å². The number of hydrogen-bond donors (Lipinski definition) is 2. The van der Waals surface area contributed by atoms with Crippen molar-refractivity contribution in [3.05, 3.63) is 0 Å². The zero-order valence-electron chi connectivity index (χ0n) is 12.9. The van der Waals surface area contributed by atoms with Gasteiger partial charge >= 0.3 is 0 Å². The molecule has 3 N–H and O–H groups in total. The number of likely N-dealkylation sites (tertiary alicyclic amines) is 1. The third-order valence-corrected chi connectivity index (χ3v) is 5.14. The molecule has 20 heavy (non-hydrogen) atoms. The Labute approximate surface area is 123 Å². The summed E-state index contributed by atoms with van der Waals surface area (Å²) in [4.78, 5) is 2.59. The minimum atomic E-state index is 0.135. The fraction of sp³-hybridized carbons (Fsp3) is 1.00. The highest BCUT2D eigenvalue weighted by Gasteiger charge is 2.33. The van der Waals surface area contributed by atoms with Crippen LogP contribution in [-0.2, 0) is 4.74 Å². The lowest BCUT2D eigenvalue weighted by molar-refractivity contribution is -0.0154. The van der Waals surface area contributed by atoms with Crippen molar-refractivity contribution in [3.8, 4) is 0 Å².